The second-order valence-electron chi connectivity index (χ2n) is 6.85. The molecule has 0 aliphatic carbocycles. The Hall–Kier alpha value is -0.980. The minimum Gasteiger partial charge on any atom is -0.444 e. The van der Waals surface area contributed by atoms with Gasteiger partial charge in [-0.2, -0.15) is 13.2 Å². The summed E-state index contributed by atoms with van der Waals surface area (Å²) in [5.41, 5.74) is -3.02. The average Bonchev–Trinajstić information content (AvgIpc) is 2.68. The molecule has 0 N–H and O–H groups in total. The molecule has 0 saturated carbocycles. The molecule has 124 valence electrons. The molecule has 1 aliphatic rings. The molecule has 0 aromatic rings. The number of carbonyl (C=O) groups excluding carboxylic acids is 1. The molecule has 1 saturated heterocycles. The largest absolute Gasteiger partial charge is 0.444 e. The van der Waals surface area contributed by atoms with Gasteiger partial charge in [0.2, 0.25) is 0 Å². The van der Waals surface area contributed by atoms with Gasteiger partial charge in [0.05, 0.1) is 13.2 Å². The number of carbonyl (C=O) groups is 1. The van der Waals surface area contributed by atoms with Gasteiger partial charge in [-0.05, 0) is 26.7 Å². The molecule has 1 aliphatic heterocycles. The molecule has 1 atom stereocenters. The lowest BCUT2D eigenvalue weighted by atomic mass is 10.0. The minimum atomic E-state index is -4.52. The molecule has 0 aromatic heterocycles. The fourth-order valence-corrected chi connectivity index (χ4v) is 2.02. The van der Waals surface area contributed by atoms with Gasteiger partial charge >= 0.3 is 12.3 Å². The summed E-state index contributed by atoms with van der Waals surface area (Å²) >= 11 is 0. The first-order valence-corrected chi connectivity index (χ1v) is 7.05. The van der Waals surface area contributed by atoms with Crippen molar-refractivity contribution in [3.05, 3.63) is 0 Å². The maximum atomic E-state index is 13.3. The molecule has 0 spiro atoms. The Kier molecular flexibility index (Phi) is 5.18. The lowest BCUT2D eigenvalue weighted by molar-refractivity contribution is -0.274. The van der Waals surface area contributed by atoms with Crippen LogP contribution < -0.4 is 0 Å². The van der Waals surface area contributed by atoms with E-state index in [9.17, 15) is 18.0 Å². The van der Waals surface area contributed by atoms with Gasteiger partial charge in [-0.1, -0.05) is 13.8 Å². The monoisotopic (exact) mass is 311 g/mol. The highest BCUT2D eigenvalue weighted by molar-refractivity contribution is 5.68. The van der Waals surface area contributed by atoms with Crippen LogP contribution in [0.15, 0.2) is 0 Å². The van der Waals surface area contributed by atoms with Gasteiger partial charge in [0.1, 0.15) is 5.60 Å². The Morgan fingerprint density at radius 3 is 2.29 bits per heavy atom. The summed E-state index contributed by atoms with van der Waals surface area (Å²) in [5, 5.41) is 0. The van der Waals surface area contributed by atoms with Gasteiger partial charge in [-0.15, -0.1) is 0 Å². The van der Waals surface area contributed by atoms with Gasteiger partial charge in [0, 0.05) is 13.0 Å². The first kappa shape index (κ1) is 18.1. The van der Waals surface area contributed by atoms with Crippen LogP contribution in [-0.4, -0.2) is 48.1 Å². The fourth-order valence-electron chi connectivity index (χ4n) is 2.02. The van der Waals surface area contributed by atoms with Crippen molar-refractivity contribution in [3.63, 3.8) is 0 Å². The van der Waals surface area contributed by atoms with Gasteiger partial charge in [-0.3, -0.25) is 0 Å². The van der Waals surface area contributed by atoms with Crippen LogP contribution in [0.2, 0.25) is 0 Å². The fraction of sp³-hybridized carbons (Fsp3) is 0.929. The van der Waals surface area contributed by atoms with E-state index in [2.05, 4.69) is 0 Å². The van der Waals surface area contributed by atoms with Gasteiger partial charge in [0.15, 0.2) is 5.60 Å². The summed E-state index contributed by atoms with van der Waals surface area (Å²) in [5.74, 6) is -0.0141. The molecule has 1 amide bonds. The van der Waals surface area contributed by atoms with Crippen molar-refractivity contribution < 1.29 is 27.4 Å². The molecule has 1 heterocycles. The molecule has 1 rings (SSSR count). The highest BCUT2D eigenvalue weighted by Gasteiger charge is 2.60. The van der Waals surface area contributed by atoms with E-state index in [4.69, 9.17) is 9.47 Å². The van der Waals surface area contributed by atoms with Crippen LogP contribution in [0.1, 0.15) is 41.0 Å². The van der Waals surface area contributed by atoms with Crippen molar-refractivity contribution in [1.29, 1.82) is 0 Å². The maximum absolute atomic E-state index is 13.3. The molecular formula is C14H24F3NO3. The Morgan fingerprint density at radius 1 is 1.29 bits per heavy atom. The van der Waals surface area contributed by atoms with Crippen LogP contribution in [0.5, 0.6) is 0 Å². The zero-order valence-corrected chi connectivity index (χ0v) is 13.2. The van der Waals surface area contributed by atoms with Crippen LogP contribution in [0.3, 0.4) is 0 Å². The number of rotatable bonds is 3. The van der Waals surface area contributed by atoms with Crippen molar-refractivity contribution in [2.24, 2.45) is 5.92 Å². The summed E-state index contributed by atoms with van der Waals surface area (Å²) in [6.45, 7) is 8.05. The Labute approximate surface area is 123 Å². The summed E-state index contributed by atoms with van der Waals surface area (Å²) in [6, 6.07) is 0. The minimum absolute atomic E-state index is 0.00166. The predicted molar refractivity (Wildman–Crippen MR) is 72.0 cm³/mol. The molecule has 21 heavy (non-hydrogen) atoms. The van der Waals surface area contributed by atoms with Gasteiger partial charge < -0.3 is 14.4 Å². The number of nitrogens with zero attached hydrogens (tertiary/aromatic N) is 1. The van der Waals surface area contributed by atoms with Crippen LogP contribution >= 0.6 is 0 Å². The van der Waals surface area contributed by atoms with E-state index >= 15 is 0 Å². The summed E-state index contributed by atoms with van der Waals surface area (Å²) in [7, 11) is 0. The molecule has 1 fully saturated rings. The van der Waals surface area contributed by atoms with Crippen LogP contribution in [0, 0.1) is 5.92 Å². The zero-order valence-electron chi connectivity index (χ0n) is 13.2. The van der Waals surface area contributed by atoms with Crippen molar-refractivity contribution in [3.8, 4) is 0 Å². The van der Waals surface area contributed by atoms with Crippen LogP contribution in [-0.2, 0) is 9.47 Å². The summed E-state index contributed by atoms with van der Waals surface area (Å²) in [6.07, 6.45) is -5.51. The van der Waals surface area contributed by atoms with Gasteiger partial charge in [0.25, 0.3) is 0 Å². The van der Waals surface area contributed by atoms with E-state index in [0.29, 0.717) is 0 Å². The second kappa shape index (κ2) is 6.02. The number of halogens is 3. The third kappa shape index (κ3) is 4.76. The SMILES string of the molecule is CC(C)CO[C@]1(C(F)(F)F)CCN(C(=O)OC(C)(C)C)C1. The number of alkyl halides is 3. The topological polar surface area (TPSA) is 38.8 Å². The quantitative estimate of drug-likeness (QED) is 0.799. The first-order chi connectivity index (χ1) is 9.36. The predicted octanol–water partition coefficient (Wildman–Crippen LogP) is 3.60. The van der Waals surface area contributed by atoms with Crippen molar-refractivity contribution in [1.82, 2.24) is 4.90 Å². The average molecular weight is 311 g/mol. The highest BCUT2D eigenvalue weighted by atomic mass is 19.4. The lowest BCUT2D eigenvalue weighted by Gasteiger charge is -2.32. The van der Waals surface area contributed by atoms with E-state index in [0.717, 1.165) is 4.90 Å². The van der Waals surface area contributed by atoms with Crippen molar-refractivity contribution in [2.45, 2.75) is 58.4 Å². The molecular weight excluding hydrogens is 287 g/mol. The number of ether oxygens (including phenoxy) is 2. The van der Waals surface area contributed by atoms with E-state index in [1.807, 2.05) is 0 Å². The zero-order chi connectivity index (χ0) is 16.5. The first-order valence-electron chi connectivity index (χ1n) is 7.05. The molecule has 7 heteroatoms. The van der Waals surface area contributed by atoms with Crippen LogP contribution in [0.25, 0.3) is 0 Å². The van der Waals surface area contributed by atoms with E-state index in [1.54, 1.807) is 34.6 Å². The van der Waals surface area contributed by atoms with E-state index in [1.165, 1.54) is 0 Å². The molecule has 0 bridgehead atoms. The third-order valence-electron chi connectivity index (χ3n) is 3.09. The number of amides is 1. The molecule has 0 radical (unpaired) electrons. The van der Waals surface area contributed by atoms with E-state index < -0.39 is 30.0 Å². The molecule has 0 unspecified atom stereocenters. The lowest BCUT2D eigenvalue weighted by Crippen LogP contribution is -2.51. The Morgan fingerprint density at radius 2 is 1.86 bits per heavy atom. The third-order valence-corrected chi connectivity index (χ3v) is 3.09. The maximum Gasteiger partial charge on any atom is 0.419 e. The Bertz CT molecular complexity index is 377. The summed E-state index contributed by atoms with van der Waals surface area (Å²) < 4.78 is 50.3. The molecule has 4 nitrogen and oxygen atoms in total. The number of likely N-dealkylation sites (tertiary alicyclic amines) is 1. The standard InChI is InChI=1S/C14H24F3NO3/c1-10(2)8-20-13(14(15,16)17)6-7-18(9-13)11(19)21-12(3,4)5/h10H,6-9H2,1-5H3/t13-/m1/s1. The smallest absolute Gasteiger partial charge is 0.419 e. The number of hydrogen-bond donors (Lipinski definition) is 0. The van der Waals surface area contributed by atoms with Crippen molar-refractivity contribution >= 4 is 6.09 Å². The highest BCUT2D eigenvalue weighted by Crippen LogP contribution is 2.41. The summed E-state index contributed by atoms with van der Waals surface area (Å²) in [4.78, 5) is 13.0. The number of hydrogen-bond acceptors (Lipinski definition) is 3. The van der Waals surface area contributed by atoms with Gasteiger partial charge in [-0.25, -0.2) is 4.79 Å². The van der Waals surface area contributed by atoms with Crippen molar-refractivity contribution in [2.75, 3.05) is 19.7 Å². The van der Waals surface area contributed by atoms with Crippen LogP contribution in [0.4, 0.5) is 18.0 Å². The normalized spacial score (nSPS) is 23.8. The molecule has 0 aromatic carbocycles. The van der Waals surface area contributed by atoms with E-state index in [-0.39, 0.29) is 25.5 Å². The second-order valence-corrected chi connectivity index (χ2v) is 6.85. The Balaban J connectivity index is 2.79.